The van der Waals surface area contributed by atoms with Gasteiger partial charge in [-0.05, 0) is 20.8 Å². The van der Waals surface area contributed by atoms with Crippen LogP contribution in [0.1, 0.15) is 20.8 Å². The summed E-state index contributed by atoms with van der Waals surface area (Å²) in [5.74, 6) is -0.160. The predicted molar refractivity (Wildman–Crippen MR) is 62.4 cm³/mol. The maximum atomic E-state index is 10.5. The molecular formula is C11H20N2O2. The first-order valence-electron chi connectivity index (χ1n) is 4.68. The monoisotopic (exact) mass is 212 g/mol. The van der Waals surface area contributed by atoms with Crippen LogP contribution in [0.2, 0.25) is 0 Å². The molecule has 4 nitrogen and oxygen atoms in total. The summed E-state index contributed by atoms with van der Waals surface area (Å²) in [5.41, 5.74) is 1.11. The Morgan fingerprint density at radius 1 is 1.07 bits per heavy atom. The van der Waals surface area contributed by atoms with Crippen LogP contribution in [-0.2, 0) is 9.59 Å². The van der Waals surface area contributed by atoms with Crippen LogP contribution < -0.4 is 10.6 Å². The van der Waals surface area contributed by atoms with E-state index < -0.39 is 0 Å². The van der Waals surface area contributed by atoms with Gasteiger partial charge in [-0.3, -0.25) is 9.59 Å². The van der Waals surface area contributed by atoms with Crippen molar-refractivity contribution in [1.29, 1.82) is 0 Å². The molecule has 0 unspecified atom stereocenters. The highest BCUT2D eigenvalue weighted by molar-refractivity contribution is 5.92. The maximum absolute atomic E-state index is 10.5. The van der Waals surface area contributed by atoms with Crippen LogP contribution in [0.25, 0.3) is 0 Å². The second-order valence-electron chi connectivity index (χ2n) is 3.00. The summed E-state index contributed by atoms with van der Waals surface area (Å²) in [5, 5.41) is 5.03. The molecule has 0 bridgehead atoms. The number of rotatable bonds is 3. The van der Waals surface area contributed by atoms with Crippen molar-refractivity contribution in [2.45, 2.75) is 20.8 Å². The van der Waals surface area contributed by atoms with Crippen molar-refractivity contribution < 1.29 is 9.59 Å². The van der Waals surface area contributed by atoms with Crippen LogP contribution in [0.4, 0.5) is 0 Å². The van der Waals surface area contributed by atoms with Gasteiger partial charge in [0, 0.05) is 24.7 Å². The summed E-state index contributed by atoms with van der Waals surface area (Å²) < 4.78 is 0. The standard InChI is InChI=1S/C6H11NO.C5H9NO/c1-4-7-6(8)5(2)3;1-4(2)5(7)6-3/h2,4H2,1,3H3,(H,7,8);1H2,2-3H3,(H,6,7). The normalized spacial score (nSPS) is 8.00. The fraction of sp³-hybridized carbons (Fsp3) is 0.455. The van der Waals surface area contributed by atoms with E-state index in [1.165, 1.54) is 0 Å². The second-order valence-corrected chi connectivity index (χ2v) is 3.00. The lowest BCUT2D eigenvalue weighted by Gasteiger charge is -1.97. The van der Waals surface area contributed by atoms with Crippen LogP contribution in [-0.4, -0.2) is 25.4 Å². The minimum Gasteiger partial charge on any atom is -0.355 e. The number of amides is 2. The molecule has 4 heteroatoms. The zero-order valence-electron chi connectivity index (χ0n) is 9.94. The molecule has 2 N–H and O–H groups in total. The molecule has 0 saturated heterocycles. The summed E-state index contributed by atoms with van der Waals surface area (Å²) in [4.78, 5) is 20.8. The Morgan fingerprint density at radius 3 is 1.53 bits per heavy atom. The average molecular weight is 212 g/mol. The molecule has 86 valence electrons. The van der Waals surface area contributed by atoms with Crippen molar-refractivity contribution in [3.05, 3.63) is 24.3 Å². The molecule has 0 aromatic rings. The maximum Gasteiger partial charge on any atom is 0.246 e. The lowest BCUT2D eigenvalue weighted by atomic mass is 10.3. The second kappa shape index (κ2) is 8.99. The van der Waals surface area contributed by atoms with E-state index in [2.05, 4.69) is 23.8 Å². The number of nitrogens with one attached hydrogen (secondary N) is 2. The van der Waals surface area contributed by atoms with Gasteiger partial charge in [-0.2, -0.15) is 0 Å². The smallest absolute Gasteiger partial charge is 0.246 e. The third-order valence-corrected chi connectivity index (χ3v) is 1.34. The Bertz CT molecular complexity index is 257. The fourth-order valence-corrected chi connectivity index (χ4v) is 0.525. The molecule has 0 spiro atoms. The van der Waals surface area contributed by atoms with E-state index in [0.717, 1.165) is 0 Å². The summed E-state index contributed by atoms with van der Waals surface area (Å²) in [6, 6.07) is 0. The van der Waals surface area contributed by atoms with E-state index in [9.17, 15) is 9.59 Å². The molecule has 0 aliphatic rings. The Labute approximate surface area is 91.4 Å². The van der Waals surface area contributed by atoms with Crippen molar-refractivity contribution in [3.8, 4) is 0 Å². The van der Waals surface area contributed by atoms with Crippen LogP contribution in [0.5, 0.6) is 0 Å². The molecule has 0 heterocycles. The molecule has 0 aliphatic carbocycles. The molecule has 0 atom stereocenters. The lowest BCUT2D eigenvalue weighted by molar-refractivity contribution is -0.117. The van der Waals surface area contributed by atoms with Crippen LogP contribution in [0, 0.1) is 0 Å². The first-order valence-corrected chi connectivity index (χ1v) is 4.68. The van der Waals surface area contributed by atoms with Gasteiger partial charge < -0.3 is 10.6 Å². The predicted octanol–water partition coefficient (Wildman–Crippen LogP) is 1.01. The van der Waals surface area contributed by atoms with E-state index in [1.807, 2.05) is 6.92 Å². The summed E-state index contributed by atoms with van der Waals surface area (Å²) >= 11 is 0. The van der Waals surface area contributed by atoms with Gasteiger partial charge in [-0.25, -0.2) is 0 Å². The molecule has 15 heavy (non-hydrogen) atoms. The molecule has 0 rings (SSSR count). The van der Waals surface area contributed by atoms with Gasteiger partial charge in [-0.1, -0.05) is 13.2 Å². The number of hydrogen-bond donors (Lipinski definition) is 2. The van der Waals surface area contributed by atoms with Gasteiger partial charge in [0.1, 0.15) is 0 Å². The molecule has 0 aliphatic heterocycles. The summed E-state index contributed by atoms with van der Waals surface area (Å²) in [7, 11) is 1.58. The highest BCUT2D eigenvalue weighted by atomic mass is 16.2. The van der Waals surface area contributed by atoms with Gasteiger partial charge in [0.05, 0.1) is 0 Å². The van der Waals surface area contributed by atoms with Gasteiger partial charge >= 0.3 is 0 Å². The SMILES string of the molecule is C=C(C)C(=O)NC.C=C(C)C(=O)NCC. The molecule has 2 amide bonds. The lowest BCUT2D eigenvalue weighted by Crippen LogP contribution is -2.22. The Balaban J connectivity index is 0. The quantitative estimate of drug-likeness (QED) is 0.686. The molecule has 0 aromatic carbocycles. The minimum atomic E-state index is -0.0972. The van der Waals surface area contributed by atoms with Gasteiger partial charge in [0.15, 0.2) is 0 Å². The van der Waals surface area contributed by atoms with Crippen molar-refractivity contribution in [1.82, 2.24) is 10.6 Å². The summed E-state index contributed by atoms with van der Waals surface area (Å²) in [6.45, 7) is 12.8. The van der Waals surface area contributed by atoms with Gasteiger partial charge in [0.25, 0.3) is 0 Å². The number of carbonyl (C=O) groups is 2. The fourth-order valence-electron chi connectivity index (χ4n) is 0.525. The highest BCUT2D eigenvalue weighted by Crippen LogP contribution is 1.83. The van der Waals surface area contributed by atoms with Crippen molar-refractivity contribution in [2.75, 3.05) is 13.6 Å². The molecule has 0 saturated carbocycles. The first-order chi connectivity index (χ1) is 6.86. The molecular weight excluding hydrogens is 192 g/mol. The molecule has 0 radical (unpaired) electrons. The third kappa shape index (κ3) is 10.3. The average Bonchev–Trinajstić information content (AvgIpc) is 2.17. The van der Waals surface area contributed by atoms with Crippen LogP contribution >= 0.6 is 0 Å². The van der Waals surface area contributed by atoms with E-state index in [-0.39, 0.29) is 11.8 Å². The Morgan fingerprint density at radius 2 is 1.47 bits per heavy atom. The van der Waals surface area contributed by atoms with Crippen molar-refractivity contribution >= 4 is 11.8 Å². The van der Waals surface area contributed by atoms with Crippen LogP contribution in [0.3, 0.4) is 0 Å². The number of likely N-dealkylation sites (N-methyl/N-ethyl adjacent to an activating group) is 2. The van der Waals surface area contributed by atoms with Gasteiger partial charge in [0.2, 0.25) is 11.8 Å². The zero-order chi connectivity index (χ0) is 12.4. The van der Waals surface area contributed by atoms with E-state index >= 15 is 0 Å². The topological polar surface area (TPSA) is 58.2 Å². The Hall–Kier alpha value is -1.58. The van der Waals surface area contributed by atoms with Crippen molar-refractivity contribution in [2.24, 2.45) is 0 Å². The van der Waals surface area contributed by atoms with E-state index in [4.69, 9.17) is 0 Å². The Kier molecular flexibility index (Phi) is 9.52. The molecule has 0 aromatic heterocycles. The largest absolute Gasteiger partial charge is 0.355 e. The van der Waals surface area contributed by atoms with Gasteiger partial charge in [-0.15, -0.1) is 0 Å². The molecule has 0 fully saturated rings. The third-order valence-electron chi connectivity index (χ3n) is 1.34. The minimum absolute atomic E-state index is 0.0625. The highest BCUT2D eigenvalue weighted by Gasteiger charge is 1.95. The zero-order valence-corrected chi connectivity index (χ0v) is 9.94. The van der Waals surface area contributed by atoms with Crippen molar-refractivity contribution in [3.63, 3.8) is 0 Å². The number of carbonyl (C=O) groups excluding carboxylic acids is 2. The van der Waals surface area contributed by atoms with Crippen LogP contribution in [0.15, 0.2) is 24.3 Å². The first kappa shape index (κ1) is 15.9. The summed E-state index contributed by atoms with van der Waals surface area (Å²) in [6.07, 6.45) is 0. The van der Waals surface area contributed by atoms with E-state index in [1.54, 1.807) is 20.9 Å². The number of hydrogen-bond acceptors (Lipinski definition) is 2. The van der Waals surface area contributed by atoms with E-state index in [0.29, 0.717) is 17.7 Å².